The van der Waals surface area contributed by atoms with Crippen molar-refractivity contribution in [2.45, 2.75) is 25.4 Å². The number of hydrogen-bond acceptors (Lipinski definition) is 4. The largest absolute Gasteiger partial charge is 0.337 e. The topological polar surface area (TPSA) is 59.2 Å². The van der Waals surface area contributed by atoms with Crippen LogP contribution in [0, 0.1) is 0 Å². The van der Waals surface area contributed by atoms with Crippen LogP contribution < -0.4 is 0 Å². The average molecular weight is 354 g/mol. The number of halogens is 1. The van der Waals surface area contributed by atoms with E-state index in [-0.39, 0.29) is 11.9 Å². The van der Waals surface area contributed by atoms with Crippen molar-refractivity contribution in [1.82, 2.24) is 15.0 Å². The Hall–Kier alpha value is -2.66. The summed E-state index contributed by atoms with van der Waals surface area (Å²) in [4.78, 5) is 18.6. The first-order valence-electron chi connectivity index (χ1n) is 8.13. The molecule has 1 aliphatic heterocycles. The van der Waals surface area contributed by atoms with Gasteiger partial charge in [-0.3, -0.25) is 4.79 Å². The van der Waals surface area contributed by atoms with Crippen LogP contribution in [0.5, 0.6) is 0 Å². The monoisotopic (exact) mass is 353 g/mol. The molecule has 126 valence electrons. The van der Waals surface area contributed by atoms with Crippen molar-refractivity contribution in [2.75, 3.05) is 0 Å². The lowest BCUT2D eigenvalue weighted by molar-refractivity contribution is -0.129. The van der Waals surface area contributed by atoms with Gasteiger partial charge in [-0.15, -0.1) is 0 Å². The van der Waals surface area contributed by atoms with Gasteiger partial charge in [-0.1, -0.05) is 47.1 Å². The zero-order chi connectivity index (χ0) is 17.2. The Kier molecular flexibility index (Phi) is 4.24. The third kappa shape index (κ3) is 3.28. The fourth-order valence-electron chi connectivity index (χ4n) is 3.06. The molecule has 5 nitrogen and oxygen atoms in total. The second kappa shape index (κ2) is 6.69. The van der Waals surface area contributed by atoms with E-state index in [0.717, 1.165) is 11.1 Å². The van der Waals surface area contributed by atoms with Gasteiger partial charge in [0.05, 0.1) is 0 Å². The molecule has 1 saturated heterocycles. The molecule has 0 bridgehead atoms. The smallest absolute Gasteiger partial charge is 0.249 e. The zero-order valence-electron chi connectivity index (χ0n) is 13.4. The molecular formula is C19H16ClN3O2. The van der Waals surface area contributed by atoms with E-state index in [4.69, 9.17) is 16.1 Å². The normalized spacial score (nSPS) is 17.2. The van der Waals surface area contributed by atoms with E-state index in [9.17, 15) is 4.79 Å². The third-order valence-corrected chi connectivity index (χ3v) is 4.61. The quantitative estimate of drug-likeness (QED) is 0.703. The first-order chi connectivity index (χ1) is 12.2. The molecule has 0 saturated carbocycles. The van der Waals surface area contributed by atoms with Crippen molar-refractivity contribution in [3.63, 3.8) is 0 Å². The van der Waals surface area contributed by atoms with Gasteiger partial charge in [-0.05, 0) is 36.2 Å². The van der Waals surface area contributed by atoms with E-state index < -0.39 is 0 Å². The lowest BCUT2D eigenvalue weighted by Gasteiger charge is -2.22. The highest BCUT2D eigenvalue weighted by Crippen LogP contribution is 2.34. The SMILES string of the molecule is O=C1CCC(c2nc(-c3ccc(Cl)cc3)no2)N1Cc1ccccc1. The van der Waals surface area contributed by atoms with E-state index >= 15 is 0 Å². The Morgan fingerprint density at radius 2 is 1.88 bits per heavy atom. The Labute approximate surface area is 150 Å². The van der Waals surface area contributed by atoms with Gasteiger partial charge >= 0.3 is 0 Å². The molecule has 0 spiro atoms. The molecule has 2 aromatic carbocycles. The van der Waals surface area contributed by atoms with Gasteiger partial charge in [0.2, 0.25) is 17.6 Å². The van der Waals surface area contributed by atoms with Crippen molar-refractivity contribution >= 4 is 17.5 Å². The molecule has 3 aromatic rings. The maximum Gasteiger partial charge on any atom is 0.249 e. The number of carbonyl (C=O) groups excluding carboxylic acids is 1. The molecule has 1 aliphatic rings. The first-order valence-corrected chi connectivity index (χ1v) is 8.51. The van der Waals surface area contributed by atoms with Gasteiger partial charge in [0, 0.05) is 23.6 Å². The Morgan fingerprint density at radius 1 is 1.12 bits per heavy atom. The highest BCUT2D eigenvalue weighted by atomic mass is 35.5. The van der Waals surface area contributed by atoms with Gasteiger partial charge in [-0.2, -0.15) is 4.98 Å². The summed E-state index contributed by atoms with van der Waals surface area (Å²) in [6.07, 6.45) is 1.18. The predicted octanol–water partition coefficient (Wildman–Crippen LogP) is 4.25. The number of aromatic nitrogens is 2. The minimum Gasteiger partial charge on any atom is -0.337 e. The van der Waals surface area contributed by atoms with Crippen LogP contribution in [0.2, 0.25) is 5.02 Å². The fraction of sp³-hybridized carbons (Fsp3) is 0.211. The number of rotatable bonds is 4. The summed E-state index contributed by atoms with van der Waals surface area (Å²) < 4.78 is 5.46. The molecule has 0 radical (unpaired) electrons. The summed E-state index contributed by atoms with van der Waals surface area (Å²) in [7, 11) is 0. The fourth-order valence-corrected chi connectivity index (χ4v) is 3.18. The maximum atomic E-state index is 12.3. The van der Waals surface area contributed by atoms with E-state index in [1.165, 1.54) is 0 Å². The molecular weight excluding hydrogens is 338 g/mol. The van der Waals surface area contributed by atoms with E-state index in [2.05, 4.69) is 10.1 Å². The molecule has 25 heavy (non-hydrogen) atoms. The molecule has 0 N–H and O–H groups in total. The van der Waals surface area contributed by atoms with Crippen LogP contribution in [0.15, 0.2) is 59.1 Å². The maximum absolute atomic E-state index is 12.3. The minimum atomic E-state index is -0.179. The van der Waals surface area contributed by atoms with Gasteiger partial charge in [0.15, 0.2) is 0 Å². The summed E-state index contributed by atoms with van der Waals surface area (Å²) >= 11 is 5.91. The predicted molar refractivity (Wildman–Crippen MR) is 93.7 cm³/mol. The van der Waals surface area contributed by atoms with Crippen molar-refractivity contribution in [3.8, 4) is 11.4 Å². The Balaban J connectivity index is 1.58. The molecule has 1 unspecified atom stereocenters. The van der Waals surface area contributed by atoms with E-state index in [1.807, 2.05) is 47.4 Å². The van der Waals surface area contributed by atoms with Gasteiger partial charge < -0.3 is 9.42 Å². The highest BCUT2D eigenvalue weighted by molar-refractivity contribution is 6.30. The summed E-state index contributed by atoms with van der Waals surface area (Å²) in [5, 5.41) is 4.72. The number of benzene rings is 2. The molecule has 1 amide bonds. The third-order valence-electron chi connectivity index (χ3n) is 4.35. The van der Waals surface area contributed by atoms with Crippen molar-refractivity contribution < 1.29 is 9.32 Å². The number of nitrogens with zero attached hydrogens (tertiary/aromatic N) is 3. The minimum absolute atomic E-state index is 0.111. The van der Waals surface area contributed by atoms with Crippen molar-refractivity contribution in [3.05, 3.63) is 71.1 Å². The second-order valence-electron chi connectivity index (χ2n) is 6.02. The van der Waals surface area contributed by atoms with Crippen LogP contribution in [0.25, 0.3) is 11.4 Å². The number of hydrogen-bond donors (Lipinski definition) is 0. The molecule has 4 rings (SSSR count). The van der Waals surface area contributed by atoms with E-state index in [1.54, 1.807) is 12.1 Å². The van der Waals surface area contributed by atoms with E-state index in [0.29, 0.717) is 36.1 Å². The van der Waals surface area contributed by atoms with Crippen LogP contribution in [0.4, 0.5) is 0 Å². The molecule has 1 fully saturated rings. The summed E-state index contributed by atoms with van der Waals surface area (Å²) in [6.45, 7) is 0.545. The van der Waals surface area contributed by atoms with Crippen molar-refractivity contribution in [1.29, 1.82) is 0 Å². The van der Waals surface area contributed by atoms with Gasteiger partial charge in [0.25, 0.3) is 0 Å². The summed E-state index contributed by atoms with van der Waals surface area (Å²) in [5.74, 6) is 1.09. The molecule has 2 heterocycles. The van der Waals surface area contributed by atoms with Crippen LogP contribution in [-0.2, 0) is 11.3 Å². The number of likely N-dealkylation sites (tertiary alicyclic amines) is 1. The molecule has 1 aromatic heterocycles. The van der Waals surface area contributed by atoms with Crippen LogP contribution in [0.1, 0.15) is 30.3 Å². The van der Waals surface area contributed by atoms with Crippen LogP contribution in [-0.4, -0.2) is 20.9 Å². The Bertz CT molecular complexity index is 877. The first kappa shape index (κ1) is 15.8. The summed E-state index contributed by atoms with van der Waals surface area (Å²) in [6, 6.07) is 17.0. The Morgan fingerprint density at radius 3 is 2.64 bits per heavy atom. The molecule has 1 atom stereocenters. The second-order valence-corrected chi connectivity index (χ2v) is 6.46. The average Bonchev–Trinajstić information content (AvgIpc) is 3.24. The number of amides is 1. The zero-order valence-corrected chi connectivity index (χ0v) is 14.2. The standard InChI is InChI=1S/C19H16ClN3O2/c20-15-8-6-14(7-9-15)18-21-19(25-22-18)16-10-11-17(24)23(16)12-13-4-2-1-3-5-13/h1-9,16H,10-12H2. The van der Waals surface area contributed by atoms with Crippen molar-refractivity contribution in [2.24, 2.45) is 0 Å². The lowest BCUT2D eigenvalue weighted by Crippen LogP contribution is -2.27. The molecule has 6 heteroatoms. The molecule has 0 aliphatic carbocycles. The summed E-state index contributed by atoms with van der Waals surface area (Å²) in [5.41, 5.74) is 1.92. The lowest BCUT2D eigenvalue weighted by atomic mass is 10.2. The van der Waals surface area contributed by atoms with Crippen LogP contribution in [0.3, 0.4) is 0 Å². The highest BCUT2D eigenvalue weighted by Gasteiger charge is 2.35. The van der Waals surface area contributed by atoms with Gasteiger partial charge in [-0.25, -0.2) is 0 Å². The van der Waals surface area contributed by atoms with Crippen LogP contribution >= 0.6 is 11.6 Å². The van der Waals surface area contributed by atoms with Gasteiger partial charge in [0.1, 0.15) is 6.04 Å². The number of carbonyl (C=O) groups is 1.